The molecule has 3 heterocycles. The highest BCUT2D eigenvalue weighted by Crippen LogP contribution is 2.43. The van der Waals surface area contributed by atoms with Crippen molar-refractivity contribution in [2.75, 3.05) is 0 Å². The zero-order valence-corrected chi connectivity index (χ0v) is 15.0. The summed E-state index contributed by atoms with van der Waals surface area (Å²) in [5.41, 5.74) is 3.88. The average molecular weight is 357 g/mol. The van der Waals surface area contributed by atoms with Crippen molar-refractivity contribution in [1.82, 2.24) is 14.6 Å². The molecule has 0 amide bonds. The first-order chi connectivity index (χ1) is 12.9. The lowest BCUT2D eigenvalue weighted by atomic mass is 9.74. The molecule has 4 nitrogen and oxygen atoms in total. The van der Waals surface area contributed by atoms with Gasteiger partial charge in [-0.3, -0.25) is 9.78 Å². The molecule has 0 fully saturated rings. The van der Waals surface area contributed by atoms with Gasteiger partial charge in [-0.15, -0.1) is 0 Å². The van der Waals surface area contributed by atoms with Crippen molar-refractivity contribution in [2.45, 2.75) is 26.7 Å². The summed E-state index contributed by atoms with van der Waals surface area (Å²) in [4.78, 5) is 18.0. The van der Waals surface area contributed by atoms with Crippen molar-refractivity contribution in [2.24, 2.45) is 5.41 Å². The van der Waals surface area contributed by atoms with Crippen LogP contribution in [0.2, 0.25) is 0 Å². The maximum Gasteiger partial charge on any atom is 0.165 e. The van der Waals surface area contributed by atoms with Crippen LogP contribution in [0.25, 0.3) is 38.1 Å². The van der Waals surface area contributed by atoms with Crippen LogP contribution in [0.3, 0.4) is 0 Å². The van der Waals surface area contributed by atoms with Gasteiger partial charge >= 0.3 is 0 Å². The molecule has 132 valence electrons. The molecule has 0 unspecified atom stereocenters. The van der Waals surface area contributed by atoms with Gasteiger partial charge < -0.3 is 0 Å². The first kappa shape index (κ1) is 15.0. The second-order valence-corrected chi connectivity index (χ2v) is 8.36. The molecule has 0 atom stereocenters. The van der Waals surface area contributed by atoms with Crippen LogP contribution in [0.5, 0.6) is 0 Å². The first-order valence-corrected chi connectivity index (χ1v) is 9.10. The molecule has 0 bridgehead atoms. The van der Waals surface area contributed by atoms with E-state index in [2.05, 4.69) is 18.9 Å². The molecule has 0 spiro atoms. The molecule has 0 radical (unpaired) electrons. The monoisotopic (exact) mass is 357 g/mol. The summed E-state index contributed by atoms with van der Waals surface area (Å²) in [6, 6.07) is 8.69. The Hall–Kier alpha value is -3.08. The molecule has 1 aliphatic rings. The second-order valence-electron chi connectivity index (χ2n) is 8.36. The maximum absolute atomic E-state index is 14.0. The van der Waals surface area contributed by atoms with Gasteiger partial charge in [0.05, 0.1) is 28.4 Å². The van der Waals surface area contributed by atoms with E-state index in [-0.39, 0.29) is 17.0 Å². The zero-order chi connectivity index (χ0) is 18.5. The number of nitrogens with zero attached hydrogens (tertiary/aromatic N) is 3. The molecule has 6 rings (SSSR count). The predicted molar refractivity (Wildman–Crippen MR) is 103 cm³/mol. The summed E-state index contributed by atoms with van der Waals surface area (Å²) >= 11 is 0. The Labute approximate surface area is 153 Å². The Morgan fingerprint density at radius 3 is 2.81 bits per heavy atom. The number of carbonyl (C=O) groups is 1. The van der Waals surface area contributed by atoms with Crippen molar-refractivity contribution < 1.29 is 9.18 Å². The number of ketones is 1. The number of benzene rings is 2. The van der Waals surface area contributed by atoms with Crippen molar-refractivity contribution in [3.05, 3.63) is 53.6 Å². The molecule has 27 heavy (non-hydrogen) atoms. The molecule has 2 aromatic carbocycles. The van der Waals surface area contributed by atoms with Gasteiger partial charge in [-0.05, 0) is 36.1 Å². The van der Waals surface area contributed by atoms with Crippen LogP contribution >= 0.6 is 0 Å². The molecule has 1 aliphatic carbocycles. The van der Waals surface area contributed by atoms with E-state index in [1.54, 1.807) is 16.8 Å². The molecular weight excluding hydrogens is 341 g/mol. The lowest BCUT2D eigenvalue weighted by Gasteiger charge is -2.30. The number of pyridine rings is 2. The maximum atomic E-state index is 14.0. The fraction of sp³-hybridized carbons (Fsp3) is 0.227. The van der Waals surface area contributed by atoms with Crippen LogP contribution in [0.15, 0.2) is 36.5 Å². The third-order valence-corrected chi connectivity index (χ3v) is 5.78. The zero-order valence-electron chi connectivity index (χ0n) is 15.0. The molecular formula is C22H16FN3O. The molecule has 0 aliphatic heterocycles. The molecule has 5 heteroatoms. The standard InChI is InChI=1S/C22H16FN3O/c1-22(2)8-15-19(17(27)9-22)18-13-5-4-12(23)7-16(13)26-21-11(10-24-26)3-6-14(25-15)20(18)21/h3-7,10H,8-9H2,1-2H3. The number of halogens is 1. The molecule has 0 saturated heterocycles. The Bertz CT molecular complexity index is 1430. The van der Waals surface area contributed by atoms with Crippen LogP contribution < -0.4 is 0 Å². The minimum Gasteiger partial charge on any atom is -0.294 e. The highest BCUT2D eigenvalue weighted by molar-refractivity contribution is 6.28. The Morgan fingerprint density at radius 2 is 1.96 bits per heavy atom. The third-order valence-electron chi connectivity index (χ3n) is 5.78. The number of carbonyl (C=O) groups excluding carboxylic acids is 1. The van der Waals surface area contributed by atoms with E-state index in [1.807, 2.05) is 12.1 Å². The van der Waals surface area contributed by atoms with Gasteiger partial charge in [0.15, 0.2) is 5.78 Å². The molecule has 0 N–H and O–H groups in total. The summed E-state index contributed by atoms with van der Waals surface area (Å²) < 4.78 is 15.8. The summed E-state index contributed by atoms with van der Waals surface area (Å²) in [5, 5.41) is 8.12. The largest absolute Gasteiger partial charge is 0.294 e. The molecule has 5 aromatic rings. The number of hydrogen-bond acceptors (Lipinski definition) is 3. The number of Topliss-reactive ketones (excluding diaryl/α,β-unsaturated/α-hetero) is 1. The van der Waals surface area contributed by atoms with Crippen molar-refractivity contribution in [3.63, 3.8) is 0 Å². The van der Waals surface area contributed by atoms with E-state index in [0.29, 0.717) is 17.5 Å². The van der Waals surface area contributed by atoms with E-state index in [1.165, 1.54) is 12.1 Å². The highest BCUT2D eigenvalue weighted by atomic mass is 19.1. The van der Waals surface area contributed by atoms with Crippen molar-refractivity contribution in [1.29, 1.82) is 0 Å². The normalized spacial score (nSPS) is 16.8. The van der Waals surface area contributed by atoms with E-state index in [9.17, 15) is 9.18 Å². The highest BCUT2D eigenvalue weighted by Gasteiger charge is 2.34. The number of hydrogen-bond donors (Lipinski definition) is 0. The van der Waals surface area contributed by atoms with E-state index < -0.39 is 0 Å². The van der Waals surface area contributed by atoms with Crippen LogP contribution in [0, 0.1) is 11.2 Å². The van der Waals surface area contributed by atoms with Gasteiger partial charge in [-0.2, -0.15) is 5.10 Å². The number of fused-ring (bicyclic) bond motifs is 5. The van der Waals surface area contributed by atoms with E-state index >= 15 is 0 Å². The van der Waals surface area contributed by atoms with Gasteiger partial charge in [0.2, 0.25) is 0 Å². The summed E-state index contributed by atoms with van der Waals surface area (Å²) in [6.07, 6.45) is 3.03. The second kappa shape index (κ2) is 4.60. The Kier molecular flexibility index (Phi) is 2.56. The lowest BCUT2D eigenvalue weighted by molar-refractivity contribution is 0.0912. The summed E-state index contributed by atoms with van der Waals surface area (Å²) in [5.74, 6) is -0.200. The Balaban J connectivity index is 1.96. The fourth-order valence-electron chi connectivity index (χ4n) is 4.73. The van der Waals surface area contributed by atoms with Gasteiger partial charge in [-0.25, -0.2) is 8.91 Å². The Morgan fingerprint density at radius 1 is 1.11 bits per heavy atom. The smallest absolute Gasteiger partial charge is 0.165 e. The number of rotatable bonds is 0. The summed E-state index contributed by atoms with van der Waals surface area (Å²) in [7, 11) is 0. The fourth-order valence-corrected chi connectivity index (χ4v) is 4.73. The SMILES string of the molecule is CC1(C)CC(=O)c2c(nc3ccc4cnn5c6cc(F)ccc6c2c3c45)C1. The van der Waals surface area contributed by atoms with Crippen LogP contribution in [-0.2, 0) is 6.42 Å². The number of aromatic nitrogens is 3. The minimum atomic E-state index is -0.316. The lowest BCUT2D eigenvalue weighted by Crippen LogP contribution is -2.28. The van der Waals surface area contributed by atoms with Crippen LogP contribution in [-0.4, -0.2) is 20.4 Å². The third kappa shape index (κ3) is 1.84. The van der Waals surface area contributed by atoms with Gasteiger partial charge in [0.25, 0.3) is 0 Å². The van der Waals surface area contributed by atoms with Crippen LogP contribution in [0.4, 0.5) is 4.39 Å². The molecule has 0 saturated carbocycles. The summed E-state index contributed by atoms with van der Waals surface area (Å²) in [6.45, 7) is 4.21. The van der Waals surface area contributed by atoms with Gasteiger partial charge in [0, 0.05) is 39.6 Å². The topological polar surface area (TPSA) is 47.3 Å². The minimum absolute atomic E-state index is 0.107. The van der Waals surface area contributed by atoms with Crippen LogP contribution in [0.1, 0.15) is 36.3 Å². The van der Waals surface area contributed by atoms with E-state index in [0.717, 1.165) is 44.7 Å². The first-order valence-electron chi connectivity index (χ1n) is 9.10. The average Bonchev–Trinajstić information content (AvgIpc) is 3.03. The van der Waals surface area contributed by atoms with Crippen molar-refractivity contribution in [3.8, 4) is 0 Å². The van der Waals surface area contributed by atoms with E-state index in [4.69, 9.17) is 4.98 Å². The predicted octanol–water partition coefficient (Wildman–Crippen LogP) is 4.92. The quantitative estimate of drug-likeness (QED) is 0.292. The van der Waals surface area contributed by atoms with Gasteiger partial charge in [-0.1, -0.05) is 13.8 Å². The molecule has 3 aromatic heterocycles. The van der Waals surface area contributed by atoms with Gasteiger partial charge in [0.1, 0.15) is 5.82 Å². The van der Waals surface area contributed by atoms with Crippen molar-refractivity contribution >= 4 is 43.9 Å².